The molecule has 0 aliphatic carbocycles. The van der Waals surface area contributed by atoms with Crippen molar-refractivity contribution in [2.45, 2.75) is 0 Å². The molecule has 78 valence electrons. The van der Waals surface area contributed by atoms with Gasteiger partial charge in [-0.1, -0.05) is 40.2 Å². The van der Waals surface area contributed by atoms with Gasteiger partial charge in [-0.05, 0) is 22.2 Å². The molecule has 0 aliphatic heterocycles. The van der Waals surface area contributed by atoms with E-state index in [1.54, 1.807) is 6.20 Å². The molecule has 0 aliphatic rings. The molecule has 2 aromatic carbocycles. The van der Waals surface area contributed by atoms with Gasteiger partial charge in [0.05, 0.1) is 5.39 Å². The van der Waals surface area contributed by atoms with Gasteiger partial charge in [0.1, 0.15) is 0 Å². The number of hydrogen-bond donors (Lipinski definition) is 0. The van der Waals surface area contributed by atoms with E-state index in [0.717, 1.165) is 30.7 Å². The van der Waals surface area contributed by atoms with Crippen LogP contribution in [-0.4, -0.2) is 0 Å². The van der Waals surface area contributed by atoms with Crippen LogP contribution in [0, 0.1) is 5.21 Å². The maximum absolute atomic E-state index is 11.3. The van der Waals surface area contributed by atoms with Gasteiger partial charge in [0.15, 0.2) is 12.4 Å². The molecule has 3 aromatic rings. The van der Waals surface area contributed by atoms with Gasteiger partial charge < -0.3 is 5.21 Å². The number of hydrogen-bond acceptors (Lipinski definition) is 1. The van der Waals surface area contributed by atoms with Crippen LogP contribution in [0.3, 0.4) is 0 Å². The molecule has 0 fully saturated rings. The molecule has 0 radical (unpaired) electrons. The van der Waals surface area contributed by atoms with Gasteiger partial charge in [0.25, 0.3) is 0 Å². The average Bonchev–Trinajstić information content (AvgIpc) is 2.31. The molecule has 0 saturated heterocycles. The zero-order chi connectivity index (χ0) is 11.1. The van der Waals surface area contributed by atoms with Crippen molar-refractivity contribution in [3.8, 4) is 0 Å². The first-order valence-electron chi connectivity index (χ1n) is 4.95. The summed E-state index contributed by atoms with van der Waals surface area (Å²) in [5.41, 5.74) is 0. The summed E-state index contributed by atoms with van der Waals surface area (Å²) in [7, 11) is 0. The third kappa shape index (κ3) is 1.36. The second-order valence-electron chi connectivity index (χ2n) is 3.71. The molecule has 0 N–H and O–H groups in total. The molecule has 0 unspecified atom stereocenters. The first-order chi connectivity index (χ1) is 7.75. The average molecular weight is 274 g/mol. The van der Waals surface area contributed by atoms with Crippen molar-refractivity contribution in [1.82, 2.24) is 0 Å². The Bertz CT molecular complexity index is 694. The normalized spacial score (nSPS) is 11.1. The Balaban J connectivity index is 2.61. The van der Waals surface area contributed by atoms with Crippen LogP contribution in [0.2, 0.25) is 0 Å². The lowest BCUT2D eigenvalue weighted by Gasteiger charge is -2.05. The Morgan fingerprint density at radius 3 is 2.56 bits per heavy atom. The summed E-state index contributed by atoms with van der Waals surface area (Å²) in [6, 6.07) is 11.9. The SMILES string of the molecule is [O-][n+]1ccc2cc(Br)c3ccccc3c2c1. The van der Waals surface area contributed by atoms with E-state index in [-0.39, 0.29) is 0 Å². The summed E-state index contributed by atoms with van der Waals surface area (Å²) < 4.78 is 1.89. The highest BCUT2D eigenvalue weighted by atomic mass is 79.9. The summed E-state index contributed by atoms with van der Waals surface area (Å²) >= 11 is 3.55. The molecular weight excluding hydrogens is 266 g/mol. The zero-order valence-electron chi connectivity index (χ0n) is 8.35. The van der Waals surface area contributed by atoms with Crippen molar-refractivity contribution in [3.05, 3.63) is 58.5 Å². The fraction of sp³-hybridized carbons (Fsp3) is 0. The van der Waals surface area contributed by atoms with E-state index in [0.29, 0.717) is 0 Å². The number of benzene rings is 2. The van der Waals surface area contributed by atoms with Crippen molar-refractivity contribution in [3.63, 3.8) is 0 Å². The lowest BCUT2D eigenvalue weighted by molar-refractivity contribution is -0.603. The first kappa shape index (κ1) is 9.60. The van der Waals surface area contributed by atoms with Gasteiger partial charge in [0.2, 0.25) is 0 Å². The van der Waals surface area contributed by atoms with Gasteiger partial charge in [-0.3, -0.25) is 0 Å². The predicted octanol–water partition coefficient (Wildman–Crippen LogP) is 3.39. The standard InChI is InChI=1S/C13H8BrNO/c14-13-7-9-5-6-15(16)8-12(9)10-3-1-2-4-11(10)13/h1-8H. The summed E-state index contributed by atoms with van der Waals surface area (Å²) in [6.07, 6.45) is 3.13. The molecule has 1 heterocycles. The van der Waals surface area contributed by atoms with Crippen molar-refractivity contribution < 1.29 is 4.73 Å². The monoisotopic (exact) mass is 273 g/mol. The van der Waals surface area contributed by atoms with Gasteiger partial charge >= 0.3 is 0 Å². The maximum Gasteiger partial charge on any atom is 0.188 e. The Morgan fingerprint density at radius 1 is 1.00 bits per heavy atom. The molecular formula is C13H8BrNO. The Labute approximate surface area is 101 Å². The first-order valence-corrected chi connectivity index (χ1v) is 5.75. The molecule has 1 aromatic heterocycles. The van der Waals surface area contributed by atoms with Gasteiger partial charge in [-0.2, -0.15) is 4.73 Å². The molecule has 0 spiro atoms. The fourth-order valence-corrected chi connectivity index (χ4v) is 2.57. The predicted molar refractivity (Wildman–Crippen MR) is 68.1 cm³/mol. The maximum atomic E-state index is 11.3. The third-order valence-electron chi connectivity index (χ3n) is 2.73. The molecule has 0 saturated carbocycles. The Morgan fingerprint density at radius 2 is 1.75 bits per heavy atom. The third-order valence-corrected chi connectivity index (χ3v) is 3.38. The molecule has 0 bridgehead atoms. The van der Waals surface area contributed by atoms with Crippen molar-refractivity contribution in [2.24, 2.45) is 0 Å². The highest BCUT2D eigenvalue weighted by molar-refractivity contribution is 9.10. The smallest absolute Gasteiger partial charge is 0.188 e. The summed E-state index contributed by atoms with van der Waals surface area (Å²) in [5, 5.41) is 15.6. The number of aromatic nitrogens is 1. The topological polar surface area (TPSA) is 26.9 Å². The van der Waals surface area contributed by atoms with Crippen LogP contribution >= 0.6 is 15.9 Å². The zero-order valence-corrected chi connectivity index (χ0v) is 9.94. The number of nitrogens with zero attached hydrogens (tertiary/aromatic N) is 1. The van der Waals surface area contributed by atoms with Gasteiger partial charge in [-0.15, -0.1) is 0 Å². The molecule has 0 amide bonds. The van der Waals surface area contributed by atoms with E-state index >= 15 is 0 Å². The number of pyridine rings is 1. The van der Waals surface area contributed by atoms with E-state index in [9.17, 15) is 5.21 Å². The largest absolute Gasteiger partial charge is 0.619 e. The summed E-state index contributed by atoms with van der Waals surface area (Å²) in [4.78, 5) is 0. The van der Waals surface area contributed by atoms with Crippen LogP contribution in [-0.2, 0) is 0 Å². The van der Waals surface area contributed by atoms with Crippen LogP contribution in [0.1, 0.15) is 0 Å². The van der Waals surface area contributed by atoms with E-state index in [4.69, 9.17) is 0 Å². The van der Waals surface area contributed by atoms with Crippen LogP contribution in [0.25, 0.3) is 21.5 Å². The number of halogens is 1. The number of fused-ring (bicyclic) bond motifs is 3. The minimum atomic E-state index is 0.836. The van der Waals surface area contributed by atoms with Crippen LogP contribution < -0.4 is 4.73 Å². The number of rotatable bonds is 0. The van der Waals surface area contributed by atoms with Crippen molar-refractivity contribution in [2.75, 3.05) is 0 Å². The van der Waals surface area contributed by atoms with E-state index < -0.39 is 0 Å². The highest BCUT2D eigenvalue weighted by Gasteiger charge is 2.06. The quantitative estimate of drug-likeness (QED) is 0.350. The fourth-order valence-electron chi connectivity index (χ4n) is 1.98. The lowest BCUT2D eigenvalue weighted by Crippen LogP contribution is -2.23. The molecule has 0 atom stereocenters. The minimum Gasteiger partial charge on any atom is -0.619 e. The van der Waals surface area contributed by atoms with Gasteiger partial charge in [-0.25, -0.2) is 0 Å². The molecule has 2 nitrogen and oxygen atoms in total. The molecule has 3 rings (SSSR count). The molecule has 3 heteroatoms. The van der Waals surface area contributed by atoms with Crippen LogP contribution in [0.5, 0.6) is 0 Å². The molecule has 16 heavy (non-hydrogen) atoms. The van der Waals surface area contributed by atoms with Crippen molar-refractivity contribution >= 4 is 37.5 Å². The van der Waals surface area contributed by atoms with E-state index in [1.807, 2.05) is 36.4 Å². The van der Waals surface area contributed by atoms with Crippen molar-refractivity contribution in [1.29, 1.82) is 0 Å². The Kier molecular flexibility index (Phi) is 2.07. The van der Waals surface area contributed by atoms with E-state index in [1.165, 1.54) is 6.20 Å². The minimum absolute atomic E-state index is 0.836. The van der Waals surface area contributed by atoms with E-state index in [2.05, 4.69) is 15.9 Å². The summed E-state index contributed by atoms with van der Waals surface area (Å²) in [6.45, 7) is 0. The highest BCUT2D eigenvalue weighted by Crippen LogP contribution is 2.30. The van der Waals surface area contributed by atoms with Crippen LogP contribution in [0.15, 0.2) is 53.3 Å². The second kappa shape index (κ2) is 3.46. The summed E-state index contributed by atoms with van der Waals surface area (Å²) in [5.74, 6) is 0. The van der Waals surface area contributed by atoms with Crippen LogP contribution in [0.4, 0.5) is 0 Å². The Hall–Kier alpha value is -1.61. The van der Waals surface area contributed by atoms with Gasteiger partial charge in [0, 0.05) is 10.5 Å². The lowest BCUT2D eigenvalue weighted by atomic mass is 10.0. The second-order valence-corrected chi connectivity index (χ2v) is 4.57.